The van der Waals surface area contributed by atoms with Crippen molar-refractivity contribution < 1.29 is 14.4 Å². The Labute approximate surface area is 145 Å². The number of hydrogen-bond donors (Lipinski definition) is 1. The molecule has 4 atom stereocenters. The fraction of sp³-hybridized carbons (Fsp3) is 0.500. The van der Waals surface area contributed by atoms with E-state index in [4.69, 9.17) is 0 Å². The quantitative estimate of drug-likeness (QED) is 0.665. The van der Waals surface area contributed by atoms with Crippen LogP contribution in [0.25, 0.3) is 0 Å². The van der Waals surface area contributed by atoms with E-state index in [0.717, 1.165) is 25.0 Å². The Bertz CT molecular complexity index is 733. The highest BCUT2D eigenvalue weighted by Gasteiger charge is 2.50. The number of amides is 4. The summed E-state index contributed by atoms with van der Waals surface area (Å²) in [4.78, 5) is 46.7. The third-order valence-corrected chi connectivity index (χ3v) is 5.50. The smallest absolute Gasteiger partial charge is 0.290 e. The highest BCUT2D eigenvalue weighted by molar-refractivity contribution is 6.23. The maximum atomic E-state index is 12.8. The normalized spacial score (nSPS) is 31.8. The van der Waals surface area contributed by atoms with Crippen LogP contribution in [0.15, 0.2) is 29.4 Å². The maximum Gasteiger partial charge on any atom is 0.331 e. The SMILES string of the molecule is O=C1NC(=O)N([C@@H]2C[C@H]3CC[C@H]2C3)C(=O)[C@@H]1C=NCc1ccccn1. The molecule has 1 aliphatic heterocycles. The van der Waals surface area contributed by atoms with Crippen molar-refractivity contribution in [3.63, 3.8) is 0 Å². The topological polar surface area (TPSA) is 91.7 Å². The average Bonchev–Trinajstić information content (AvgIpc) is 3.22. The first kappa shape index (κ1) is 15.9. The van der Waals surface area contributed by atoms with Crippen LogP contribution in [0.4, 0.5) is 4.79 Å². The van der Waals surface area contributed by atoms with Crippen molar-refractivity contribution in [1.29, 1.82) is 0 Å². The van der Waals surface area contributed by atoms with E-state index >= 15 is 0 Å². The summed E-state index contributed by atoms with van der Waals surface area (Å²) in [7, 11) is 0. The van der Waals surface area contributed by atoms with Crippen molar-refractivity contribution >= 4 is 24.1 Å². The summed E-state index contributed by atoms with van der Waals surface area (Å²) in [5, 5.41) is 2.32. The molecule has 1 aromatic heterocycles. The van der Waals surface area contributed by atoms with Gasteiger partial charge in [-0.3, -0.25) is 29.8 Å². The van der Waals surface area contributed by atoms with Crippen LogP contribution in [0, 0.1) is 17.8 Å². The Morgan fingerprint density at radius 2 is 2.12 bits per heavy atom. The van der Waals surface area contributed by atoms with Gasteiger partial charge in [0.1, 0.15) is 0 Å². The zero-order chi connectivity index (χ0) is 17.4. The summed E-state index contributed by atoms with van der Waals surface area (Å²) < 4.78 is 0. The molecule has 3 fully saturated rings. The predicted molar refractivity (Wildman–Crippen MR) is 89.5 cm³/mol. The molecule has 25 heavy (non-hydrogen) atoms. The molecule has 0 aromatic carbocycles. The summed E-state index contributed by atoms with van der Waals surface area (Å²) in [6, 6.07) is 4.83. The van der Waals surface area contributed by atoms with E-state index in [2.05, 4.69) is 15.3 Å². The monoisotopic (exact) mass is 340 g/mol. The van der Waals surface area contributed by atoms with Crippen LogP contribution in [0.2, 0.25) is 0 Å². The summed E-state index contributed by atoms with van der Waals surface area (Å²) in [6.07, 6.45) is 7.18. The largest absolute Gasteiger partial charge is 0.331 e. The van der Waals surface area contributed by atoms with Gasteiger partial charge in [0.2, 0.25) is 11.8 Å². The van der Waals surface area contributed by atoms with Gasteiger partial charge >= 0.3 is 6.03 Å². The van der Waals surface area contributed by atoms with Gasteiger partial charge in [-0.25, -0.2) is 4.79 Å². The van der Waals surface area contributed by atoms with Gasteiger partial charge in [0.05, 0.1) is 12.2 Å². The molecule has 3 aliphatic rings. The fourth-order valence-electron chi connectivity index (χ4n) is 4.32. The van der Waals surface area contributed by atoms with Crippen molar-refractivity contribution in [2.75, 3.05) is 0 Å². The predicted octanol–water partition coefficient (Wildman–Crippen LogP) is 1.54. The molecule has 1 N–H and O–H groups in total. The molecule has 4 amide bonds. The number of imide groups is 2. The number of carbonyl (C=O) groups excluding carboxylic acids is 3. The number of carbonyl (C=O) groups is 3. The number of fused-ring (bicyclic) bond motifs is 2. The molecule has 2 bridgehead atoms. The van der Waals surface area contributed by atoms with Gasteiger partial charge in [0.15, 0.2) is 5.92 Å². The molecule has 4 rings (SSSR count). The average molecular weight is 340 g/mol. The molecule has 0 radical (unpaired) electrons. The fourth-order valence-corrected chi connectivity index (χ4v) is 4.32. The molecule has 2 heterocycles. The Morgan fingerprint density at radius 3 is 2.80 bits per heavy atom. The Hall–Kier alpha value is -2.57. The molecular weight excluding hydrogens is 320 g/mol. The van der Waals surface area contributed by atoms with Gasteiger partial charge in [-0.15, -0.1) is 0 Å². The molecule has 1 aromatic rings. The van der Waals surface area contributed by atoms with E-state index < -0.39 is 23.8 Å². The number of rotatable bonds is 4. The molecule has 7 heteroatoms. The number of nitrogens with one attached hydrogen (secondary N) is 1. The zero-order valence-electron chi connectivity index (χ0n) is 13.8. The molecular formula is C18H20N4O3. The van der Waals surface area contributed by atoms with Crippen LogP contribution in [0.3, 0.4) is 0 Å². The first-order chi connectivity index (χ1) is 12.1. The third-order valence-electron chi connectivity index (χ3n) is 5.50. The minimum absolute atomic E-state index is 0.0777. The summed E-state index contributed by atoms with van der Waals surface area (Å²) in [5.74, 6) is -1.11. The lowest BCUT2D eigenvalue weighted by Gasteiger charge is -2.36. The van der Waals surface area contributed by atoms with Crippen LogP contribution in [0.1, 0.15) is 31.4 Å². The van der Waals surface area contributed by atoms with E-state index in [-0.39, 0.29) is 6.04 Å². The molecule has 1 saturated heterocycles. The van der Waals surface area contributed by atoms with Crippen LogP contribution in [0.5, 0.6) is 0 Å². The van der Waals surface area contributed by atoms with E-state index in [0.29, 0.717) is 18.4 Å². The minimum atomic E-state index is -1.04. The van der Waals surface area contributed by atoms with Gasteiger partial charge < -0.3 is 0 Å². The number of barbiturate groups is 1. The molecule has 0 unspecified atom stereocenters. The zero-order valence-corrected chi connectivity index (χ0v) is 13.8. The van der Waals surface area contributed by atoms with Crippen molar-refractivity contribution in [3.8, 4) is 0 Å². The molecule has 0 spiro atoms. The number of urea groups is 1. The summed E-state index contributed by atoms with van der Waals surface area (Å²) in [6.45, 7) is 0.292. The van der Waals surface area contributed by atoms with E-state index in [1.54, 1.807) is 6.20 Å². The van der Waals surface area contributed by atoms with Crippen molar-refractivity contribution in [1.82, 2.24) is 15.2 Å². The van der Waals surface area contributed by atoms with Crippen LogP contribution in [-0.2, 0) is 16.1 Å². The second kappa shape index (κ2) is 6.38. The lowest BCUT2D eigenvalue weighted by molar-refractivity contribution is -0.141. The number of aromatic nitrogens is 1. The van der Waals surface area contributed by atoms with Crippen LogP contribution < -0.4 is 5.32 Å². The molecule has 2 aliphatic carbocycles. The highest BCUT2D eigenvalue weighted by atomic mass is 16.2. The number of hydrogen-bond acceptors (Lipinski definition) is 5. The Kier molecular flexibility index (Phi) is 4.07. The molecule has 130 valence electrons. The number of nitrogens with zero attached hydrogens (tertiary/aromatic N) is 3. The third kappa shape index (κ3) is 2.94. The van der Waals surface area contributed by atoms with Crippen LogP contribution in [-0.4, -0.2) is 40.0 Å². The summed E-state index contributed by atoms with van der Waals surface area (Å²) >= 11 is 0. The van der Waals surface area contributed by atoms with Crippen molar-refractivity contribution in [2.45, 2.75) is 38.3 Å². The highest BCUT2D eigenvalue weighted by Crippen LogP contribution is 2.47. The standard InChI is InChI=1S/C18H20N4O3/c23-16-14(10-19-9-13-3-1-2-6-20-13)17(24)22(18(25)21-16)15-8-11-4-5-12(15)7-11/h1-3,6,10-12,14-15H,4-5,7-9H2,(H,21,23,25)/t11-,12-,14+,15+/m0/s1. The lowest BCUT2D eigenvalue weighted by atomic mass is 9.92. The molecule has 7 nitrogen and oxygen atoms in total. The van der Waals surface area contributed by atoms with Gasteiger partial charge in [-0.1, -0.05) is 12.5 Å². The Morgan fingerprint density at radius 1 is 1.24 bits per heavy atom. The van der Waals surface area contributed by atoms with Gasteiger partial charge in [0, 0.05) is 18.5 Å². The van der Waals surface area contributed by atoms with E-state index in [9.17, 15) is 14.4 Å². The summed E-state index contributed by atoms with van der Waals surface area (Å²) in [5.41, 5.74) is 0.753. The maximum absolute atomic E-state index is 12.8. The van der Waals surface area contributed by atoms with Crippen molar-refractivity contribution in [3.05, 3.63) is 30.1 Å². The molecule has 2 saturated carbocycles. The number of pyridine rings is 1. The minimum Gasteiger partial charge on any atom is -0.290 e. The lowest BCUT2D eigenvalue weighted by Crippen LogP contribution is -2.62. The number of aliphatic imine (C=N–C) groups is 1. The van der Waals surface area contributed by atoms with E-state index in [1.165, 1.54) is 17.5 Å². The van der Waals surface area contributed by atoms with Gasteiger partial charge in [0.25, 0.3) is 0 Å². The second-order valence-corrected chi connectivity index (χ2v) is 7.03. The second-order valence-electron chi connectivity index (χ2n) is 7.03. The van der Waals surface area contributed by atoms with Gasteiger partial charge in [-0.05, 0) is 43.2 Å². The van der Waals surface area contributed by atoms with Gasteiger partial charge in [-0.2, -0.15) is 0 Å². The Balaban J connectivity index is 1.48. The van der Waals surface area contributed by atoms with Crippen molar-refractivity contribution in [2.24, 2.45) is 22.7 Å². The first-order valence-electron chi connectivity index (χ1n) is 8.71. The van der Waals surface area contributed by atoms with Crippen LogP contribution >= 0.6 is 0 Å². The first-order valence-corrected chi connectivity index (χ1v) is 8.71. The van der Waals surface area contributed by atoms with E-state index in [1.807, 2.05) is 18.2 Å².